The Morgan fingerprint density at radius 3 is 3.04 bits per heavy atom. The maximum Gasteiger partial charge on any atom is 0.138 e. The highest BCUT2D eigenvalue weighted by atomic mass is 16.5. The first-order valence-electron chi connectivity index (χ1n) is 8.07. The third-order valence-corrected chi connectivity index (χ3v) is 3.76. The molecule has 25 heavy (non-hydrogen) atoms. The van der Waals surface area contributed by atoms with Gasteiger partial charge in [0.1, 0.15) is 29.5 Å². The first-order chi connectivity index (χ1) is 12.2. The number of anilines is 1. The van der Waals surface area contributed by atoms with Crippen LogP contribution in [0.1, 0.15) is 18.2 Å². The van der Waals surface area contributed by atoms with Crippen molar-refractivity contribution in [3.63, 3.8) is 0 Å². The van der Waals surface area contributed by atoms with E-state index in [-0.39, 0.29) is 0 Å². The van der Waals surface area contributed by atoms with Gasteiger partial charge < -0.3 is 20.2 Å². The van der Waals surface area contributed by atoms with Gasteiger partial charge in [-0.2, -0.15) is 0 Å². The number of aromatic nitrogens is 1. The lowest BCUT2D eigenvalue weighted by atomic mass is 10.2. The molecule has 1 aromatic carbocycles. The minimum Gasteiger partial charge on any atom is -0.489 e. The molecule has 5 nitrogen and oxygen atoms in total. The number of nitrogens with one attached hydrogen (secondary N) is 1. The van der Waals surface area contributed by atoms with E-state index in [2.05, 4.69) is 16.9 Å². The highest BCUT2D eigenvalue weighted by Crippen LogP contribution is 2.25. The van der Waals surface area contributed by atoms with E-state index in [0.29, 0.717) is 24.7 Å². The SMILES string of the molecule is C=C(NCc1cc2ccc(OC/C=C/C)cc2o1)c1cccnc1N. The Labute approximate surface area is 146 Å². The van der Waals surface area contributed by atoms with E-state index in [1.807, 2.05) is 55.5 Å². The molecule has 3 rings (SSSR count). The second kappa shape index (κ2) is 7.57. The van der Waals surface area contributed by atoms with Gasteiger partial charge in [0.2, 0.25) is 0 Å². The fraction of sp³-hybridized carbons (Fsp3) is 0.150. The van der Waals surface area contributed by atoms with Crippen molar-refractivity contribution in [3.8, 4) is 5.75 Å². The number of nitrogen functional groups attached to an aromatic ring is 1. The Morgan fingerprint density at radius 2 is 2.24 bits per heavy atom. The Morgan fingerprint density at radius 1 is 1.36 bits per heavy atom. The maximum absolute atomic E-state index is 5.88. The van der Waals surface area contributed by atoms with Crippen LogP contribution in [0, 0.1) is 0 Å². The molecular formula is C20H21N3O2. The smallest absolute Gasteiger partial charge is 0.138 e. The van der Waals surface area contributed by atoms with E-state index in [1.54, 1.807) is 6.20 Å². The fourth-order valence-corrected chi connectivity index (χ4v) is 2.45. The minimum atomic E-state index is 0.451. The van der Waals surface area contributed by atoms with Gasteiger partial charge in [-0.3, -0.25) is 0 Å². The number of hydrogen-bond acceptors (Lipinski definition) is 5. The Kier molecular flexibility index (Phi) is 5.04. The molecule has 0 aliphatic carbocycles. The molecule has 0 bridgehead atoms. The van der Waals surface area contributed by atoms with Crippen LogP contribution in [0.3, 0.4) is 0 Å². The predicted molar refractivity (Wildman–Crippen MR) is 101 cm³/mol. The van der Waals surface area contributed by atoms with Crippen molar-refractivity contribution in [2.24, 2.45) is 0 Å². The van der Waals surface area contributed by atoms with Crippen LogP contribution in [0.4, 0.5) is 5.82 Å². The van der Waals surface area contributed by atoms with Crippen LogP contribution in [0.25, 0.3) is 16.7 Å². The van der Waals surface area contributed by atoms with Crippen LogP contribution < -0.4 is 15.8 Å². The quantitative estimate of drug-likeness (QED) is 0.635. The third-order valence-electron chi connectivity index (χ3n) is 3.76. The lowest BCUT2D eigenvalue weighted by Crippen LogP contribution is -2.12. The Hall–Kier alpha value is -3.21. The number of nitrogens with two attached hydrogens (primary N) is 1. The summed E-state index contributed by atoms with van der Waals surface area (Å²) in [6.45, 7) is 7.03. The van der Waals surface area contributed by atoms with E-state index in [9.17, 15) is 0 Å². The number of allylic oxidation sites excluding steroid dienone is 1. The zero-order valence-electron chi connectivity index (χ0n) is 14.2. The van der Waals surface area contributed by atoms with Gasteiger partial charge >= 0.3 is 0 Å². The topological polar surface area (TPSA) is 73.3 Å². The first kappa shape index (κ1) is 16.6. The van der Waals surface area contributed by atoms with Gasteiger partial charge in [-0.25, -0.2) is 4.98 Å². The molecule has 0 atom stereocenters. The minimum absolute atomic E-state index is 0.451. The van der Waals surface area contributed by atoms with Crippen LogP contribution >= 0.6 is 0 Å². The number of hydrogen-bond donors (Lipinski definition) is 2. The summed E-state index contributed by atoms with van der Waals surface area (Å²) in [6.07, 6.45) is 5.57. The molecule has 128 valence electrons. The predicted octanol–water partition coefficient (Wildman–Crippen LogP) is 4.13. The van der Waals surface area contributed by atoms with Gasteiger partial charge in [-0.1, -0.05) is 18.7 Å². The van der Waals surface area contributed by atoms with Crippen molar-refractivity contribution in [1.82, 2.24) is 10.3 Å². The molecule has 0 aliphatic rings. The molecule has 3 N–H and O–H groups in total. The van der Waals surface area contributed by atoms with Crippen molar-refractivity contribution < 1.29 is 9.15 Å². The maximum atomic E-state index is 5.88. The fourth-order valence-electron chi connectivity index (χ4n) is 2.45. The summed E-state index contributed by atoms with van der Waals surface area (Å²) in [5.74, 6) is 2.05. The van der Waals surface area contributed by atoms with Crippen LogP contribution in [0.5, 0.6) is 5.75 Å². The van der Waals surface area contributed by atoms with E-state index in [1.165, 1.54) is 0 Å². The van der Waals surface area contributed by atoms with Crippen LogP contribution in [-0.2, 0) is 6.54 Å². The Bertz CT molecular complexity index is 912. The number of pyridine rings is 1. The van der Waals surface area contributed by atoms with E-state index in [4.69, 9.17) is 14.9 Å². The lowest BCUT2D eigenvalue weighted by Gasteiger charge is -2.09. The van der Waals surface area contributed by atoms with Crippen molar-refractivity contribution in [2.45, 2.75) is 13.5 Å². The average molecular weight is 335 g/mol. The molecule has 5 heteroatoms. The van der Waals surface area contributed by atoms with Crippen molar-refractivity contribution in [2.75, 3.05) is 12.3 Å². The van der Waals surface area contributed by atoms with Gasteiger partial charge in [0, 0.05) is 28.9 Å². The van der Waals surface area contributed by atoms with E-state index in [0.717, 1.165) is 28.0 Å². The van der Waals surface area contributed by atoms with E-state index < -0.39 is 0 Å². The van der Waals surface area contributed by atoms with E-state index >= 15 is 0 Å². The number of rotatable bonds is 7. The van der Waals surface area contributed by atoms with Crippen molar-refractivity contribution in [3.05, 3.63) is 72.6 Å². The third kappa shape index (κ3) is 4.01. The molecule has 0 saturated heterocycles. The molecule has 0 spiro atoms. The van der Waals surface area contributed by atoms with Gasteiger partial charge in [0.15, 0.2) is 0 Å². The molecule has 0 saturated carbocycles. The molecule has 0 fully saturated rings. The van der Waals surface area contributed by atoms with Gasteiger partial charge in [-0.15, -0.1) is 0 Å². The zero-order chi connectivity index (χ0) is 17.6. The molecule has 3 aromatic rings. The monoisotopic (exact) mass is 335 g/mol. The summed E-state index contributed by atoms with van der Waals surface area (Å²) >= 11 is 0. The van der Waals surface area contributed by atoms with Crippen LogP contribution in [0.15, 0.2) is 65.7 Å². The summed E-state index contributed by atoms with van der Waals surface area (Å²) in [4.78, 5) is 4.07. The largest absolute Gasteiger partial charge is 0.489 e. The number of nitrogens with zero attached hydrogens (tertiary/aromatic N) is 1. The average Bonchev–Trinajstić information content (AvgIpc) is 3.02. The second-order valence-corrected chi connectivity index (χ2v) is 5.56. The molecule has 0 radical (unpaired) electrons. The molecule has 2 aromatic heterocycles. The first-order valence-corrected chi connectivity index (χ1v) is 8.07. The normalized spacial score (nSPS) is 11.1. The summed E-state index contributed by atoms with van der Waals surface area (Å²) in [6, 6.07) is 11.5. The van der Waals surface area contributed by atoms with Crippen LogP contribution in [0.2, 0.25) is 0 Å². The number of fused-ring (bicyclic) bond motifs is 1. The van der Waals surface area contributed by atoms with Crippen LogP contribution in [-0.4, -0.2) is 11.6 Å². The lowest BCUT2D eigenvalue weighted by molar-refractivity contribution is 0.362. The summed E-state index contributed by atoms with van der Waals surface area (Å²) in [5.41, 5.74) is 8.16. The summed E-state index contributed by atoms with van der Waals surface area (Å²) < 4.78 is 11.5. The highest BCUT2D eigenvalue weighted by Gasteiger charge is 2.08. The summed E-state index contributed by atoms with van der Waals surface area (Å²) in [7, 11) is 0. The number of furan rings is 1. The summed E-state index contributed by atoms with van der Waals surface area (Å²) in [5, 5.41) is 4.25. The standard InChI is InChI=1S/C20H21N3O2/c1-3-4-10-24-16-8-7-15-11-17(25-19(15)12-16)13-23-14(2)18-6-5-9-22-20(18)21/h3-9,11-12,23H,2,10,13H2,1H3,(H2,21,22)/b4-3+. The zero-order valence-corrected chi connectivity index (χ0v) is 14.2. The van der Waals surface area contributed by atoms with Crippen molar-refractivity contribution >= 4 is 22.5 Å². The van der Waals surface area contributed by atoms with Gasteiger partial charge in [0.05, 0.1) is 6.54 Å². The molecule has 0 aliphatic heterocycles. The number of benzene rings is 1. The van der Waals surface area contributed by atoms with Crippen molar-refractivity contribution in [1.29, 1.82) is 0 Å². The highest BCUT2D eigenvalue weighted by molar-refractivity contribution is 5.79. The molecule has 2 heterocycles. The second-order valence-electron chi connectivity index (χ2n) is 5.56. The number of ether oxygens (including phenoxy) is 1. The van der Waals surface area contributed by atoms with Gasteiger partial charge in [-0.05, 0) is 37.3 Å². The Balaban J connectivity index is 1.67. The molecule has 0 unspecified atom stereocenters. The molecular weight excluding hydrogens is 314 g/mol. The molecule has 0 amide bonds. The van der Waals surface area contributed by atoms with Gasteiger partial charge in [0.25, 0.3) is 0 Å².